The minimum absolute atomic E-state index is 0.0252. The third kappa shape index (κ3) is 4.50. The van der Waals surface area contributed by atoms with Gasteiger partial charge in [0.15, 0.2) is 11.5 Å². The number of carbonyl (C=O) groups excluding carboxylic acids is 1. The summed E-state index contributed by atoms with van der Waals surface area (Å²) in [5.41, 5.74) is 3.58. The SMILES string of the molecule is Cc1ccc(-c2cc(C(=O)N3CCN(Cc4ccc5c(c4)OCO5)CC3)cc(-n3cnnn3)c2)s1. The number of ether oxygens (including phenoxy) is 2. The maximum atomic E-state index is 13.5. The lowest BCUT2D eigenvalue weighted by Crippen LogP contribution is -2.48. The van der Waals surface area contributed by atoms with Crippen LogP contribution in [0.5, 0.6) is 11.5 Å². The van der Waals surface area contributed by atoms with E-state index in [4.69, 9.17) is 9.47 Å². The van der Waals surface area contributed by atoms with Crippen LogP contribution in [0.1, 0.15) is 20.8 Å². The first-order chi connectivity index (χ1) is 17.1. The summed E-state index contributed by atoms with van der Waals surface area (Å²) < 4.78 is 12.5. The van der Waals surface area contributed by atoms with Crippen LogP contribution in [0, 0.1) is 6.92 Å². The molecule has 35 heavy (non-hydrogen) atoms. The smallest absolute Gasteiger partial charge is 0.254 e. The minimum atomic E-state index is 0.0252. The number of thiophene rings is 1. The summed E-state index contributed by atoms with van der Waals surface area (Å²) in [6.45, 7) is 6.14. The second kappa shape index (κ2) is 9.12. The second-order valence-electron chi connectivity index (χ2n) is 8.69. The van der Waals surface area contributed by atoms with Gasteiger partial charge in [-0.25, -0.2) is 4.68 Å². The first-order valence-electron chi connectivity index (χ1n) is 11.5. The van der Waals surface area contributed by atoms with Gasteiger partial charge in [0, 0.05) is 48.0 Å². The highest BCUT2D eigenvalue weighted by Gasteiger charge is 2.24. The molecule has 1 fully saturated rings. The van der Waals surface area contributed by atoms with Crippen LogP contribution in [-0.4, -0.2) is 68.9 Å². The first kappa shape index (κ1) is 21.8. The van der Waals surface area contributed by atoms with Gasteiger partial charge in [0.05, 0.1) is 5.69 Å². The third-order valence-corrected chi connectivity index (χ3v) is 7.36. The van der Waals surface area contributed by atoms with Gasteiger partial charge >= 0.3 is 0 Å². The fraction of sp³-hybridized carbons (Fsp3) is 0.280. The quantitative estimate of drug-likeness (QED) is 0.426. The summed E-state index contributed by atoms with van der Waals surface area (Å²) in [5.74, 6) is 1.62. The number of amides is 1. The summed E-state index contributed by atoms with van der Waals surface area (Å²) in [5, 5.41) is 11.5. The van der Waals surface area contributed by atoms with Crippen LogP contribution in [0.4, 0.5) is 0 Å². The molecule has 2 aliphatic heterocycles. The fourth-order valence-electron chi connectivity index (χ4n) is 4.47. The molecule has 2 aromatic heterocycles. The van der Waals surface area contributed by atoms with Crippen LogP contribution in [-0.2, 0) is 6.54 Å². The van der Waals surface area contributed by atoms with E-state index < -0.39 is 0 Å². The Balaban J connectivity index is 1.18. The van der Waals surface area contributed by atoms with Gasteiger partial charge < -0.3 is 14.4 Å². The van der Waals surface area contributed by atoms with Crippen molar-refractivity contribution in [3.8, 4) is 27.6 Å². The van der Waals surface area contributed by atoms with Gasteiger partial charge in [-0.3, -0.25) is 9.69 Å². The molecule has 1 amide bonds. The third-order valence-electron chi connectivity index (χ3n) is 6.31. The Morgan fingerprint density at radius 3 is 2.63 bits per heavy atom. The molecular weight excluding hydrogens is 464 g/mol. The topological polar surface area (TPSA) is 85.6 Å². The molecule has 178 valence electrons. The molecular formula is C25H24N6O3S. The van der Waals surface area contributed by atoms with Crippen molar-refractivity contribution in [2.75, 3.05) is 33.0 Å². The average Bonchev–Trinajstić information content (AvgIpc) is 3.66. The van der Waals surface area contributed by atoms with Crippen LogP contribution < -0.4 is 9.47 Å². The second-order valence-corrected chi connectivity index (χ2v) is 9.98. The van der Waals surface area contributed by atoms with E-state index in [9.17, 15) is 4.79 Å². The van der Waals surface area contributed by atoms with Crippen LogP contribution >= 0.6 is 11.3 Å². The number of piperazine rings is 1. The molecule has 10 heteroatoms. The molecule has 0 bridgehead atoms. The summed E-state index contributed by atoms with van der Waals surface area (Å²) in [6.07, 6.45) is 1.54. The number of hydrogen-bond acceptors (Lipinski definition) is 8. The monoisotopic (exact) mass is 488 g/mol. The highest BCUT2D eigenvalue weighted by atomic mass is 32.1. The van der Waals surface area contributed by atoms with Gasteiger partial charge in [-0.15, -0.1) is 16.4 Å². The summed E-state index contributed by atoms with van der Waals surface area (Å²) in [4.78, 5) is 20.1. The molecule has 9 nitrogen and oxygen atoms in total. The van der Waals surface area contributed by atoms with Crippen molar-refractivity contribution in [2.45, 2.75) is 13.5 Å². The number of aryl methyl sites for hydroxylation is 1. The van der Waals surface area contributed by atoms with E-state index in [1.54, 1.807) is 22.3 Å². The number of nitrogens with zero attached hydrogens (tertiary/aromatic N) is 6. The van der Waals surface area contributed by atoms with Gasteiger partial charge in [-0.2, -0.15) is 0 Å². The lowest BCUT2D eigenvalue weighted by Gasteiger charge is -2.35. The zero-order valence-electron chi connectivity index (χ0n) is 19.3. The van der Waals surface area contributed by atoms with Crippen LogP contribution in [0.15, 0.2) is 54.9 Å². The summed E-state index contributed by atoms with van der Waals surface area (Å²) >= 11 is 1.70. The standard InChI is InChI=1S/C25H24N6O3S/c1-17-2-5-24(35-17)19-11-20(13-21(12-19)31-15-26-27-28-31)25(32)30-8-6-29(7-9-30)14-18-3-4-22-23(10-18)34-16-33-22/h2-5,10-13,15H,6-9,14,16H2,1H3. The Morgan fingerprint density at radius 2 is 1.86 bits per heavy atom. The van der Waals surface area contributed by atoms with E-state index in [2.05, 4.69) is 45.5 Å². The molecule has 4 heterocycles. The number of aromatic nitrogens is 4. The highest BCUT2D eigenvalue weighted by Crippen LogP contribution is 2.33. The summed E-state index contributed by atoms with van der Waals surface area (Å²) in [6, 6.07) is 16.1. The molecule has 2 aliphatic rings. The Hall–Kier alpha value is -3.76. The van der Waals surface area contributed by atoms with Crippen LogP contribution in [0.3, 0.4) is 0 Å². The van der Waals surface area contributed by atoms with Crippen molar-refractivity contribution < 1.29 is 14.3 Å². The number of tetrazole rings is 1. The molecule has 0 N–H and O–H groups in total. The van der Waals surface area contributed by atoms with E-state index >= 15 is 0 Å². The van der Waals surface area contributed by atoms with Crippen molar-refractivity contribution in [3.63, 3.8) is 0 Å². The van der Waals surface area contributed by atoms with E-state index in [1.807, 2.05) is 35.2 Å². The molecule has 0 spiro atoms. The Labute approximate surface area is 206 Å². The number of rotatable bonds is 5. The van der Waals surface area contributed by atoms with E-state index in [0.717, 1.165) is 47.3 Å². The number of fused-ring (bicyclic) bond motifs is 1. The summed E-state index contributed by atoms with van der Waals surface area (Å²) in [7, 11) is 0. The lowest BCUT2D eigenvalue weighted by molar-refractivity contribution is 0.0628. The average molecular weight is 489 g/mol. The zero-order chi connectivity index (χ0) is 23.8. The maximum absolute atomic E-state index is 13.5. The molecule has 1 saturated heterocycles. The van der Waals surface area contributed by atoms with Gasteiger partial charge in [0.25, 0.3) is 5.91 Å². The van der Waals surface area contributed by atoms with Crippen molar-refractivity contribution in [1.29, 1.82) is 0 Å². The number of carbonyl (C=O) groups is 1. The Bertz CT molecular complexity index is 1360. The normalized spacial score (nSPS) is 15.5. The Kier molecular flexibility index (Phi) is 5.67. The van der Waals surface area contributed by atoms with Gasteiger partial charge in [0.2, 0.25) is 6.79 Å². The van der Waals surface area contributed by atoms with Crippen molar-refractivity contribution >= 4 is 17.2 Å². The van der Waals surface area contributed by atoms with Gasteiger partial charge in [-0.05, 0) is 70.9 Å². The molecule has 2 aromatic carbocycles. The Morgan fingerprint density at radius 1 is 1.00 bits per heavy atom. The molecule has 0 aliphatic carbocycles. The van der Waals surface area contributed by atoms with E-state index in [-0.39, 0.29) is 12.7 Å². The van der Waals surface area contributed by atoms with Crippen molar-refractivity contribution in [1.82, 2.24) is 30.0 Å². The van der Waals surface area contributed by atoms with Gasteiger partial charge in [-0.1, -0.05) is 6.07 Å². The molecule has 4 aromatic rings. The highest BCUT2D eigenvalue weighted by molar-refractivity contribution is 7.15. The van der Waals surface area contributed by atoms with E-state index in [1.165, 1.54) is 10.4 Å². The molecule has 6 rings (SSSR count). The van der Waals surface area contributed by atoms with E-state index in [0.29, 0.717) is 18.7 Å². The lowest BCUT2D eigenvalue weighted by atomic mass is 10.1. The number of hydrogen-bond donors (Lipinski definition) is 0. The van der Waals surface area contributed by atoms with Gasteiger partial charge in [0.1, 0.15) is 6.33 Å². The number of benzene rings is 2. The molecule has 0 radical (unpaired) electrons. The maximum Gasteiger partial charge on any atom is 0.254 e. The molecule has 0 saturated carbocycles. The van der Waals surface area contributed by atoms with Crippen LogP contribution in [0.2, 0.25) is 0 Å². The zero-order valence-corrected chi connectivity index (χ0v) is 20.1. The fourth-order valence-corrected chi connectivity index (χ4v) is 5.32. The molecule has 0 atom stereocenters. The first-order valence-corrected chi connectivity index (χ1v) is 12.3. The predicted octanol–water partition coefficient (Wildman–Crippen LogP) is 3.39. The molecule has 0 unspecified atom stereocenters. The van der Waals surface area contributed by atoms with Crippen LogP contribution in [0.25, 0.3) is 16.1 Å². The van der Waals surface area contributed by atoms with Crippen molar-refractivity contribution in [2.24, 2.45) is 0 Å². The minimum Gasteiger partial charge on any atom is -0.454 e. The predicted molar refractivity (Wildman–Crippen MR) is 131 cm³/mol. The van der Waals surface area contributed by atoms with Crippen molar-refractivity contribution in [3.05, 3.63) is 70.9 Å². The largest absolute Gasteiger partial charge is 0.454 e.